The first kappa shape index (κ1) is 13.6. The Bertz CT molecular complexity index is 363. The fraction of sp³-hybridized carbons (Fsp3) is 0.647. The third kappa shape index (κ3) is 3.14. The molecule has 1 aliphatic rings. The van der Waals surface area contributed by atoms with E-state index in [0.717, 1.165) is 18.4 Å². The van der Waals surface area contributed by atoms with Crippen LogP contribution in [-0.4, -0.2) is 12.6 Å². The number of hydrogen-bond acceptors (Lipinski definition) is 1. The highest BCUT2D eigenvalue weighted by Crippen LogP contribution is 2.52. The largest absolute Gasteiger partial charge is 0.313 e. The fourth-order valence-electron chi connectivity index (χ4n) is 3.07. The van der Waals surface area contributed by atoms with Gasteiger partial charge in [0.1, 0.15) is 0 Å². The molecule has 0 radical (unpaired) electrons. The second-order valence-electron chi connectivity index (χ2n) is 6.71. The molecule has 2 rings (SSSR count). The molecule has 18 heavy (non-hydrogen) atoms. The lowest BCUT2D eigenvalue weighted by Crippen LogP contribution is -2.42. The van der Waals surface area contributed by atoms with Gasteiger partial charge in [0, 0.05) is 6.04 Å². The van der Waals surface area contributed by atoms with Gasteiger partial charge in [-0.05, 0) is 42.2 Å². The van der Waals surface area contributed by atoms with Crippen molar-refractivity contribution in [3.63, 3.8) is 0 Å². The summed E-state index contributed by atoms with van der Waals surface area (Å²) >= 11 is 0. The third-order valence-electron chi connectivity index (χ3n) is 4.04. The quantitative estimate of drug-likeness (QED) is 0.819. The monoisotopic (exact) mass is 245 g/mol. The molecule has 0 aromatic heterocycles. The fourth-order valence-corrected chi connectivity index (χ4v) is 3.07. The Hall–Kier alpha value is -0.820. The van der Waals surface area contributed by atoms with Gasteiger partial charge in [-0.1, -0.05) is 58.0 Å². The normalized spacial score (nSPS) is 24.9. The van der Waals surface area contributed by atoms with E-state index in [-0.39, 0.29) is 0 Å². The van der Waals surface area contributed by atoms with Crippen molar-refractivity contribution < 1.29 is 0 Å². The van der Waals surface area contributed by atoms with Gasteiger partial charge in [-0.25, -0.2) is 0 Å². The zero-order chi connectivity index (χ0) is 13.2. The Morgan fingerprint density at radius 2 is 1.89 bits per heavy atom. The standard InChI is InChI=1S/C17H27N/c1-5-11-18-16(17(2,3)4)15-12-14(15)13-9-7-6-8-10-13/h6-10,14-16,18H,5,11-12H2,1-4H3. The molecule has 0 spiro atoms. The molecule has 1 fully saturated rings. The molecule has 1 heteroatoms. The lowest BCUT2D eigenvalue weighted by atomic mass is 9.82. The molecule has 3 unspecified atom stereocenters. The van der Waals surface area contributed by atoms with Gasteiger partial charge in [-0.15, -0.1) is 0 Å². The van der Waals surface area contributed by atoms with Crippen molar-refractivity contribution in [2.24, 2.45) is 11.3 Å². The van der Waals surface area contributed by atoms with Crippen molar-refractivity contribution in [3.05, 3.63) is 35.9 Å². The predicted molar refractivity (Wildman–Crippen MR) is 78.8 cm³/mol. The first-order valence-electron chi connectivity index (χ1n) is 7.32. The Labute approximate surface area is 112 Å². The van der Waals surface area contributed by atoms with Gasteiger partial charge in [0.2, 0.25) is 0 Å². The van der Waals surface area contributed by atoms with Crippen molar-refractivity contribution in [1.82, 2.24) is 5.32 Å². The summed E-state index contributed by atoms with van der Waals surface area (Å²) in [6.07, 6.45) is 2.57. The van der Waals surface area contributed by atoms with Gasteiger partial charge >= 0.3 is 0 Å². The van der Waals surface area contributed by atoms with Gasteiger partial charge in [-0.3, -0.25) is 0 Å². The summed E-state index contributed by atoms with van der Waals surface area (Å²) in [6.45, 7) is 10.5. The lowest BCUT2D eigenvalue weighted by Gasteiger charge is -2.32. The molecule has 1 saturated carbocycles. The molecular weight excluding hydrogens is 218 g/mol. The van der Waals surface area contributed by atoms with Crippen LogP contribution < -0.4 is 5.32 Å². The van der Waals surface area contributed by atoms with E-state index in [2.05, 4.69) is 63.3 Å². The van der Waals surface area contributed by atoms with Crippen LogP contribution in [0.3, 0.4) is 0 Å². The molecule has 1 aromatic carbocycles. The van der Waals surface area contributed by atoms with E-state index in [9.17, 15) is 0 Å². The van der Waals surface area contributed by atoms with Crippen LogP contribution in [0.25, 0.3) is 0 Å². The molecule has 1 nitrogen and oxygen atoms in total. The number of benzene rings is 1. The van der Waals surface area contributed by atoms with Gasteiger partial charge in [0.25, 0.3) is 0 Å². The highest BCUT2D eigenvalue weighted by Gasteiger charge is 2.47. The van der Waals surface area contributed by atoms with Gasteiger partial charge in [-0.2, -0.15) is 0 Å². The maximum atomic E-state index is 3.77. The van der Waals surface area contributed by atoms with Gasteiger partial charge < -0.3 is 5.32 Å². The van der Waals surface area contributed by atoms with E-state index in [0.29, 0.717) is 11.5 Å². The average molecular weight is 245 g/mol. The van der Waals surface area contributed by atoms with E-state index < -0.39 is 0 Å². The highest BCUT2D eigenvalue weighted by molar-refractivity contribution is 5.27. The summed E-state index contributed by atoms with van der Waals surface area (Å²) in [5.41, 5.74) is 1.87. The Balaban J connectivity index is 2.02. The van der Waals surface area contributed by atoms with Gasteiger partial charge in [0.15, 0.2) is 0 Å². The molecule has 1 N–H and O–H groups in total. The minimum atomic E-state index is 0.351. The molecule has 0 aliphatic heterocycles. The van der Waals surface area contributed by atoms with Crippen molar-refractivity contribution in [2.45, 2.75) is 52.5 Å². The van der Waals surface area contributed by atoms with Crippen LogP contribution in [0.2, 0.25) is 0 Å². The predicted octanol–water partition coefficient (Wildman–Crippen LogP) is 4.20. The minimum absolute atomic E-state index is 0.351. The summed E-state index contributed by atoms with van der Waals surface area (Å²) < 4.78 is 0. The zero-order valence-electron chi connectivity index (χ0n) is 12.2. The summed E-state index contributed by atoms with van der Waals surface area (Å²) in [6, 6.07) is 11.6. The van der Waals surface area contributed by atoms with E-state index in [1.54, 1.807) is 0 Å². The van der Waals surface area contributed by atoms with E-state index >= 15 is 0 Å². The Morgan fingerprint density at radius 3 is 2.44 bits per heavy atom. The van der Waals surface area contributed by atoms with Crippen LogP contribution in [0.1, 0.15) is 52.0 Å². The number of rotatable bonds is 5. The second kappa shape index (κ2) is 5.44. The summed E-state index contributed by atoms with van der Waals surface area (Å²) in [7, 11) is 0. The van der Waals surface area contributed by atoms with E-state index in [1.807, 2.05) is 0 Å². The smallest absolute Gasteiger partial charge is 0.0150 e. The first-order valence-corrected chi connectivity index (χ1v) is 7.32. The van der Waals surface area contributed by atoms with Crippen LogP contribution >= 0.6 is 0 Å². The van der Waals surface area contributed by atoms with Crippen LogP contribution in [0.5, 0.6) is 0 Å². The molecule has 3 atom stereocenters. The van der Waals surface area contributed by atoms with Crippen LogP contribution in [-0.2, 0) is 0 Å². The van der Waals surface area contributed by atoms with Crippen LogP contribution in [0.4, 0.5) is 0 Å². The van der Waals surface area contributed by atoms with Crippen LogP contribution in [0, 0.1) is 11.3 Å². The van der Waals surface area contributed by atoms with Crippen molar-refractivity contribution in [1.29, 1.82) is 0 Å². The summed E-state index contributed by atoms with van der Waals surface area (Å²) in [5.74, 6) is 1.60. The summed E-state index contributed by atoms with van der Waals surface area (Å²) in [5, 5.41) is 3.77. The molecule has 0 bridgehead atoms. The minimum Gasteiger partial charge on any atom is -0.313 e. The van der Waals surface area contributed by atoms with Crippen molar-refractivity contribution in [3.8, 4) is 0 Å². The Kier molecular flexibility index (Phi) is 4.11. The maximum absolute atomic E-state index is 3.77. The maximum Gasteiger partial charge on any atom is 0.0150 e. The zero-order valence-corrected chi connectivity index (χ0v) is 12.2. The van der Waals surface area contributed by atoms with E-state index in [1.165, 1.54) is 18.4 Å². The molecule has 1 aliphatic carbocycles. The highest BCUT2D eigenvalue weighted by atomic mass is 14.9. The second-order valence-corrected chi connectivity index (χ2v) is 6.71. The lowest BCUT2D eigenvalue weighted by molar-refractivity contribution is 0.239. The first-order chi connectivity index (χ1) is 8.54. The van der Waals surface area contributed by atoms with Crippen molar-refractivity contribution in [2.75, 3.05) is 6.54 Å². The van der Waals surface area contributed by atoms with E-state index in [4.69, 9.17) is 0 Å². The van der Waals surface area contributed by atoms with Gasteiger partial charge in [0.05, 0.1) is 0 Å². The number of hydrogen-bond donors (Lipinski definition) is 1. The Morgan fingerprint density at radius 1 is 1.22 bits per heavy atom. The molecule has 0 heterocycles. The molecular formula is C17H27N. The molecule has 0 saturated heterocycles. The molecule has 0 amide bonds. The summed E-state index contributed by atoms with van der Waals surface area (Å²) in [4.78, 5) is 0. The SMILES string of the molecule is CCCNC(C1CC1c1ccccc1)C(C)(C)C. The number of nitrogens with one attached hydrogen (secondary N) is 1. The average Bonchev–Trinajstić information content (AvgIpc) is 3.09. The van der Waals surface area contributed by atoms with Crippen molar-refractivity contribution >= 4 is 0 Å². The molecule has 1 aromatic rings. The molecule has 100 valence electrons. The topological polar surface area (TPSA) is 12.0 Å². The van der Waals surface area contributed by atoms with Crippen LogP contribution in [0.15, 0.2) is 30.3 Å². The third-order valence-corrected chi connectivity index (χ3v) is 4.04.